The highest BCUT2D eigenvalue weighted by atomic mass is 16.4. The molecule has 0 amide bonds. The first-order valence-corrected chi connectivity index (χ1v) is 9.31. The number of benzene rings is 2. The van der Waals surface area contributed by atoms with Gasteiger partial charge in [-0.05, 0) is 23.6 Å². The lowest BCUT2D eigenvalue weighted by molar-refractivity contribution is -0.134. The van der Waals surface area contributed by atoms with Crippen LogP contribution < -0.4 is 0 Å². The van der Waals surface area contributed by atoms with E-state index in [9.17, 15) is 9.59 Å². The van der Waals surface area contributed by atoms with E-state index < -0.39 is 11.9 Å². The maximum absolute atomic E-state index is 9.55. The number of hydrogen-bond donors (Lipinski definition) is 2. The Bertz CT molecular complexity index is 1100. The largest absolute Gasteiger partial charge is 0.478 e. The van der Waals surface area contributed by atoms with Gasteiger partial charge in [-0.2, -0.15) is 0 Å². The number of pyridine rings is 1. The van der Waals surface area contributed by atoms with E-state index in [2.05, 4.69) is 59.4 Å². The number of carbonyl (C=O) groups is 2. The Hall–Kier alpha value is -4.00. The molecule has 4 rings (SSSR count). The van der Waals surface area contributed by atoms with Crippen LogP contribution in [-0.2, 0) is 16.0 Å². The summed E-state index contributed by atoms with van der Waals surface area (Å²) >= 11 is 0. The minimum atomic E-state index is -1.26. The maximum atomic E-state index is 9.55. The van der Waals surface area contributed by atoms with Crippen LogP contribution >= 0.6 is 0 Å². The molecule has 0 saturated heterocycles. The highest BCUT2D eigenvalue weighted by Crippen LogP contribution is 2.35. The Kier molecular flexibility index (Phi) is 6.54. The first-order chi connectivity index (χ1) is 14.5. The molecule has 1 aliphatic rings. The van der Waals surface area contributed by atoms with E-state index in [0.717, 1.165) is 30.2 Å². The number of hydrogen-bond acceptors (Lipinski definition) is 5. The van der Waals surface area contributed by atoms with Gasteiger partial charge in [-0.15, -0.1) is 0 Å². The van der Waals surface area contributed by atoms with Crippen molar-refractivity contribution in [2.75, 3.05) is 13.6 Å². The van der Waals surface area contributed by atoms with E-state index in [-0.39, 0.29) is 0 Å². The fourth-order valence-corrected chi connectivity index (χ4v) is 3.14. The smallest absolute Gasteiger partial charge is 0.328 e. The Morgan fingerprint density at radius 2 is 1.67 bits per heavy atom. The molecule has 1 aromatic heterocycles. The zero-order valence-electron chi connectivity index (χ0n) is 16.4. The predicted molar refractivity (Wildman–Crippen MR) is 115 cm³/mol. The molecular weight excluding hydrogens is 382 g/mol. The molecule has 0 bridgehead atoms. The second kappa shape index (κ2) is 9.47. The van der Waals surface area contributed by atoms with Gasteiger partial charge in [-0.25, -0.2) is 14.6 Å². The molecule has 2 aromatic carbocycles. The van der Waals surface area contributed by atoms with Crippen LogP contribution in [0.4, 0.5) is 5.69 Å². The standard InChI is InChI=1S/C19H17N3.C4H4O4/c1-22(13-11-15-8-2-3-12-20-15)19-16-9-4-6-14-7-5-10-17(21-19)18(14)16;5-3(6)1-2-4(7)8/h2-10,12H,11,13H2,1H3;1-2H,(H,5,6)(H,7,8)/b;2-1+. The molecule has 1 aliphatic heterocycles. The molecule has 0 unspecified atom stereocenters. The quantitative estimate of drug-likeness (QED) is 0.632. The van der Waals surface area contributed by atoms with Crippen LogP contribution in [0.15, 0.2) is 77.9 Å². The van der Waals surface area contributed by atoms with Crippen molar-refractivity contribution in [2.24, 2.45) is 4.99 Å². The van der Waals surface area contributed by atoms with Gasteiger partial charge < -0.3 is 15.1 Å². The first-order valence-electron chi connectivity index (χ1n) is 9.31. The number of carboxylic acids is 2. The fourth-order valence-electron chi connectivity index (χ4n) is 3.14. The Morgan fingerprint density at radius 1 is 0.967 bits per heavy atom. The monoisotopic (exact) mass is 403 g/mol. The number of nitrogens with zero attached hydrogens (tertiary/aromatic N) is 3. The number of rotatable bonds is 5. The predicted octanol–water partition coefficient (Wildman–Crippen LogP) is 3.51. The number of aliphatic carboxylic acids is 2. The summed E-state index contributed by atoms with van der Waals surface area (Å²) in [6.45, 7) is 0.903. The normalized spacial score (nSPS) is 11.7. The molecule has 3 aromatic rings. The Labute approximate surface area is 173 Å². The Balaban J connectivity index is 0.000000275. The van der Waals surface area contributed by atoms with Gasteiger partial charge in [0.25, 0.3) is 0 Å². The molecule has 152 valence electrons. The average molecular weight is 403 g/mol. The third-order valence-corrected chi connectivity index (χ3v) is 4.51. The van der Waals surface area contributed by atoms with E-state index in [1.54, 1.807) is 0 Å². The molecule has 2 heterocycles. The van der Waals surface area contributed by atoms with Gasteiger partial charge in [0.1, 0.15) is 5.84 Å². The SMILES string of the molecule is CN(CCc1ccccn1)C1=Nc2cccc3cccc1c23.O=C(O)/C=C/C(=O)O. The highest BCUT2D eigenvalue weighted by molar-refractivity contribution is 6.18. The lowest BCUT2D eigenvalue weighted by Gasteiger charge is -2.19. The van der Waals surface area contributed by atoms with Crippen LogP contribution in [0.2, 0.25) is 0 Å². The van der Waals surface area contributed by atoms with Crippen molar-refractivity contribution in [1.82, 2.24) is 9.88 Å². The summed E-state index contributed by atoms with van der Waals surface area (Å²) in [5.41, 5.74) is 3.42. The number of amidine groups is 1. The van der Waals surface area contributed by atoms with E-state index in [0.29, 0.717) is 12.2 Å². The lowest BCUT2D eigenvalue weighted by Crippen LogP contribution is -2.28. The highest BCUT2D eigenvalue weighted by Gasteiger charge is 2.20. The Morgan fingerprint density at radius 3 is 2.30 bits per heavy atom. The average Bonchev–Trinajstić information content (AvgIpc) is 3.13. The van der Waals surface area contributed by atoms with Gasteiger partial charge >= 0.3 is 11.9 Å². The molecule has 7 heteroatoms. The van der Waals surface area contributed by atoms with Crippen molar-refractivity contribution in [3.8, 4) is 0 Å². The number of likely N-dealkylation sites (N-methyl/N-ethyl adjacent to an activating group) is 1. The second-order valence-corrected chi connectivity index (χ2v) is 6.62. The van der Waals surface area contributed by atoms with Crippen molar-refractivity contribution >= 4 is 34.2 Å². The fraction of sp³-hybridized carbons (Fsp3) is 0.130. The lowest BCUT2D eigenvalue weighted by atomic mass is 10.0. The third kappa shape index (κ3) is 5.08. The van der Waals surface area contributed by atoms with Crippen molar-refractivity contribution < 1.29 is 19.8 Å². The molecule has 0 saturated carbocycles. The number of aliphatic imine (C=N–C) groups is 1. The number of aromatic nitrogens is 1. The summed E-state index contributed by atoms with van der Waals surface area (Å²) in [5.74, 6) is -1.46. The summed E-state index contributed by atoms with van der Waals surface area (Å²) in [6, 6.07) is 18.8. The minimum Gasteiger partial charge on any atom is -0.478 e. The third-order valence-electron chi connectivity index (χ3n) is 4.51. The van der Waals surface area contributed by atoms with Crippen molar-refractivity contribution in [3.63, 3.8) is 0 Å². The van der Waals surface area contributed by atoms with Gasteiger partial charge in [0.05, 0.1) is 5.69 Å². The summed E-state index contributed by atoms with van der Waals surface area (Å²) in [6.07, 6.45) is 3.88. The molecule has 0 aliphatic carbocycles. The second-order valence-electron chi connectivity index (χ2n) is 6.62. The van der Waals surface area contributed by atoms with Gasteiger partial charge in [-0.1, -0.05) is 36.4 Å². The molecule has 0 radical (unpaired) electrons. The minimum absolute atomic E-state index is 0.558. The van der Waals surface area contributed by atoms with Gasteiger partial charge in [-0.3, -0.25) is 4.98 Å². The molecule has 7 nitrogen and oxygen atoms in total. The molecule has 0 fully saturated rings. The van der Waals surface area contributed by atoms with Gasteiger partial charge in [0.2, 0.25) is 0 Å². The number of carboxylic acid groups (broad SMARTS) is 2. The summed E-state index contributed by atoms with van der Waals surface area (Å²) in [5, 5.41) is 18.1. The molecule has 0 atom stereocenters. The first kappa shape index (κ1) is 20.7. The molecule has 30 heavy (non-hydrogen) atoms. The topological polar surface area (TPSA) is 103 Å². The summed E-state index contributed by atoms with van der Waals surface area (Å²) in [4.78, 5) is 30.6. The zero-order chi connectivity index (χ0) is 21.5. The maximum Gasteiger partial charge on any atom is 0.328 e. The van der Waals surface area contributed by atoms with E-state index in [1.165, 1.54) is 16.3 Å². The van der Waals surface area contributed by atoms with Crippen LogP contribution in [0.1, 0.15) is 11.3 Å². The van der Waals surface area contributed by atoms with Crippen molar-refractivity contribution in [3.05, 3.63) is 84.2 Å². The van der Waals surface area contributed by atoms with E-state index in [1.807, 2.05) is 18.3 Å². The summed E-state index contributed by atoms with van der Waals surface area (Å²) in [7, 11) is 2.10. The van der Waals surface area contributed by atoms with Crippen molar-refractivity contribution in [1.29, 1.82) is 0 Å². The van der Waals surface area contributed by atoms with Gasteiger partial charge in [0.15, 0.2) is 0 Å². The van der Waals surface area contributed by atoms with Crippen LogP contribution in [0.25, 0.3) is 10.8 Å². The van der Waals surface area contributed by atoms with Gasteiger partial charge in [0, 0.05) is 55.0 Å². The molecular formula is C23H21N3O4. The van der Waals surface area contributed by atoms with E-state index in [4.69, 9.17) is 15.2 Å². The summed E-state index contributed by atoms with van der Waals surface area (Å²) < 4.78 is 0. The molecule has 0 spiro atoms. The zero-order valence-corrected chi connectivity index (χ0v) is 16.4. The van der Waals surface area contributed by atoms with Crippen LogP contribution in [-0.4, -0.2) is 51.5 Å². The van der Waals surface area contributed by atoms with Crippen LogP contribution in [0, 0.1) is 0 Å². The van der Waals surface area contributed by atoms with Crippen LogP contribution in [0.3, 0.4) is 0 Å². The van der Waals surface area contributed by atoms with Crippen molar-refractivity contribution in [2.45, 2.75) is 6.42 Å². The van der Waals surface area contributed by atoms with Crippen LogP contribution in [0.5, 0.6) is 0 Å². The molecule has 2 N–H and O–H groups in total. The van der Waals surface area contributed by atoms with E-state index >= 15 is 0 Å².